The molecule has 2 aromatic rings. The largest absolute Gasteiger partial charge is 0.348 e. The molecule has 6 nitrogen and oxygen atoms in total. The van der Waals surface area contributed by atoms with Gasteiger partial charge in [0.05, 0.1) is 29.8 Å². The van der Waals surface area contributed by atoms with Crippen molar-refractivity contribution in [2.45, 2.75) is 19.9 Å². The third-order valence-electron chi connectivity index (χ3n) is 5.38. The molecule has 1 saturated heterocycles. The zero-order valence-corrected chi connectivity index (χ0v) is 18.3. The number of benzene rings is 2. The van der Waals surface area contributed by atoms with Gasteiger partial charge >= 0.3 is 0 Å². The second kappa shape index (κ2) is 10.6. The van der Waals surface area contributed by atoms with Crippen molar-refractivity contribution in [3.05, 3.63) is 64.7 Å². The lowest BCUT2D eigenvalue weighted by Gasteiger charge is -2.34. The predicted molar refractivity (Wildman–Crippen MR) is 121 cm³/mol. The summed E-state index contributed by atoms with van der Waals surface area (Å²) in [5, 5.41) is 6.47. The molecule has 0 aliphatic carbocycles. The maximum absolute atomic E-state index is 12.5. The van der Waals surface area contributed by atoms with Crippen molar-refractivity contribution in [2.75, 3.05) is 44.6 Å². The molecule has 1 aliphatic heterocycles. The first-order valence-electron chi connectivity index (χ1n) is 10.3. The molecule has 2 aromatic carbocycles. The molecule has 0 saturated carbocycles. The van der Waals surface area contributed by atoms with E-state index in [1.54, 1.807) is 12.1 Å². The van der Waals surface area contributed by atoms with Crippen LogP contribution in [0, 0.1) is 6.92 Å². The van der Waals surface area contributed by atoms with Gasteiger partial charge in [-0.15, -0.1) is 0 Å². The quantitative estimate of drug-likeness (QED) is 0.711. The van der Waals surface area contributed by atoms with E-state index in [2.05, 4.69) is 33.4 Å². The SMILES string of the molecule is Cc1ccccc1[C@@H](C)NC(=O)CN1CCN(CC(=O)Nc2ccccc2Cl)CC1. The Kier molecular flexibility index (Phi) is 7.85. The lowest BCUT2D eigenvalue weighted by Crippen LogP contribution is -2.51. The average molecular weight is 429 g/mol. The Hall–Kier alpha value is -2.41. The van der Waals surface area contributed by atoms with Gasteiger partial charge < -0.3 is 10.6 Å². The van der Waals surface area contributed by atoms with Crippen LogP contribution in [0.2, 0.25) is 5.02 Å². The zero-order valence-electron chi connectivity index (χ0n) is 17.5. The summed E-state index contributed by atoms with van der Waals surface area (Å²) in [7, 11) is 0. The van der Waals surface area contributed by atoms with E-state index in [9.17, 15) is 9.59 Å². The Morgan fingerprint density at radius 1 is 0.933 bits per heavy atom. The number of amides is 2. The molecule has 2 amide bonds. The number of hydrogen-bond donors (Lipinski definition) is 2. The highest BCUT2D eigenvalue weighted by molar-refractivity contribution is 6.33. The summed E-state index contributed by atoms with van der Waals surface area (Å²) in [6, 6.07) is 15.3. The van der Waals surface area contributed by atoms with Crippen LogP contribution in [0.15, 0.2) is 48.5 Å². The van der Waals surface area contributed by atoms with Gasteiger partial charge in [0.2, 0.25) is 11.8 Å². The molecule has 30 heavy (non-hydrogen) atoms. The summed E-state index contributed by atoms with van der Waals surface area (Å²) >= 11 is 6.09. The van der Waals surface area contributed by atoms with Crippen LogP contribution in [0.3, 0.4) is 0 Å². The number of aryl methyl sites for hydroxylation is 1. The van der Waals surface area contributed by atoms with E-state index in [1.807, 2.05) is 37.3 Å². The Morgan fingerprint density at radius 2 is 1.50 bits per heavy atom. The fourth-order valence-electron chi connectivity index (χ4n) is 3.70. The molecule has 7 heteroatoms. The summed E-state index contributed by atoms with van der Waals surface area (Å²) in [6.07, 6.45) is 0. The van der Waals surface area contributed by atoms with Crippen molar-refractivity contribution >= 4 is 29.1 Å². The van der Waals surface area contributed by atoms with Crippen LogP contribution in [-0.4, -0.2) is 60.9 Å². The summed E-state index contributed by atoms with van der Waals surface area (Å²) in [4.78, 5) is 29.0. The van der Waals surface area contributed by atoms with Gasteiger partial charge in [-0.05, 0) is 37.1 Å². The van der Waals surface area contributed by atoms with E-state index in [4.69, 9.17) is 11.6 Å². The van der Waals surface area contributed by atoms with Gasteiger partial charge in [-0.2, -0.15) is 0 Å². The number of nitrogens with one attached hydrogen (secondary N) is 2. The van der Waals surface area contributed by atoms with Crippen molar-refractivity contribution in [1.29, 1.82) is 0 Å². The van der Waals surface area contributed by atoms with Crippen LogP contribution < -0.4 is 10.6 Å². The second-order valence-electron chi connectivity index (χ2n) is 7.73. The average Bonchev–Trinajstić information content (AvgIpc) is 2.71. The van der Waals surface area contributed by atoms with E-state index in [0.29, 0.717) is 23.8 Å². The Labute approximate surface area is 183 Å². The van der Waals surface area contributed by atoms with Crippen molar-refractivity contribution in [3.8, 4) is 0 Å². The van der Waals surface area contributed by atoms with Gasteiger partial charge in [-0.1, -0.05) is 48.0 Å². The van der Waals surface area contributed by atoms with Crippen LogP contribution in [0.5, 0.6) is 0 Å². The third kappa shape index (κ3) is 6.29. The number of piperazine rings is 1. The summed E-state index contributed by atoms with van der Waals surface area (Å²) in [5.74, 6) is -0.0583. The molecule has 160 valence electrons. The van der Waals surface area contributed by atoms with Crippen LogP contribution in [0.25, 0.3) is 0 Å². The number of carbonyl (C=O) groups is 2. The molecule has 2 N–H and O–H groups in total. The highest BCUT2D eigenvalue weighted by atomic mass is 35.5. The smallest absolute Gasteiger partial charge is 0.238 e. The van der Waals surface area contributed by atoms with E-state index in [-0.39, 0.29) is 17.9 Å². The Balaban J connectivity index is 1.40. The van der Waals surface area contributed by atoms with Crippen molar-refractivity contribution in [3.63, 3.8) is 0 Å². The minimum Gasteiger partial charge on any atom is -0.348 e. The number of hydrogen-bond acceptors (Lipinski definition) is 4. The van der Waals surface area contributed by atoms with Gasteiger partial charge in [0.1, 0.15) is 0 Å². The molecule has 1 heterocycles. The standard InChI is InChI=1S/C23H29ClN4O2/c1-17-7-3-4-8-19(17)18(2)25-22(29)15-27-11-13-28(14-12-27)16-23(30)26-21-10-6-5-9-20(21)24/h3-10,18H,11-16H2,1-2H3,(H,25,29)(H,26,30)/t18-/m1/s1. The van der Waals surface area contributed by atoms with Crippen molar-refractivity contribution in [2.24, 2.45) is 0 Å². The highest BCUT2D eigenvalue weighted by Gasteiger charge is 2.21. The summed E-state index contributed by atoms with van der Waals surface area (Å²) in [5.41, 5.74) is 2.94. The first-order valence-corrected chi connectivity index (χ1v) is 10.6. The van der Waals surface area contributed by atoms with Gasteiger partial charge in [-0.25, -0.2) is 0 Å². The molecule has 0 radical (unpaired) electrons. The molecule has 1 atom stereocenters. The van der Waals surface area contributed by atoms with E-state index >= 15 is 0 Å². The molecule has 1 aliphatic rings. The van der Waals surface area contributed by atoms with E-state index in [1.165, 1.54) is 5.56 Å². The molecule has 3 rings (SSSR count). The van der Waals surface area contributed by atoms with Crippen molar-refractivity contribution < 1.29 is 9.59 Å². The molecule has 1 fully saturated rings. The molecule has 0 spiro atoms. The first-order chi connectivity index (χ1) is 14.4. The fraction of sp³-hybridized carbons (Fsp3) is 0.391. The number of nitrogens with zero attached hydrogens (tertiary/aromatic N) is 2. The maximum Gasteiger partial charge on any atom is 0.238 e. The van der Waals surface area contributed by atoms with E-state index < -0.39 is 0 Å². The summed E-state index contributed by atoms with van der Waals surface area (Å²) in [6.45, 7) is 7.75. The lowest BCUT2D eigenvalue weighted by atomic mass is 10.0. The van der Waals surface area contributed by atoms with Gasteiger partial charge in [-0.3, -0.25) is 19.4 Å². The van der Waals surface area contributed by atoms with Gasteiger partial charge in [0, 0.05) is 26.2 Å². The Bertz CT molecular complexity index is 881. The minimum atomic E-state index is -0.0821. The molecule has 0 aromatic heterocycles. The van der Waals surface area contributed by atoms with Crippen molar-refractivity contribution in [1.82, 2.24) is 15.1 Å². The van der Waals surface area contributed by atoms with Crippen LogP contribution in [-0.2, 0) is 9.59 Å². The van der Waals surface area contributed by atoms with Gasteiger partial charge in [0.25, 0.3) is 0 Å². The first kappa shape index (κ1) is 22.3. The number of anilines is 1. The number of halogens is 1. The molecule has 0 unspecified atom stereocenters. The van der Waals surface area contributed by atoms with Gasteiger partial charge in [0.15, 0.2) is 0 Å². The lowest BCUT2D eigenvalue weighted by molar-refractivity contribution is -0.124. The number of para-hydroxylation sites is 1. The zero-order chi connectivity index (χ0) is 21.5. The maximum atomic E-state index is 12.5. The monoisotopic (exact) mass is 428 g/mol. The highest BCUT2D eigenvalue weighted by Crippen LogP contribution is 2.20. The number of rotatable bonds is 7. The predicted octanol–water partition coefficient (Wildman–Crippen LogP) is 3.08. The van der Waals surface area contributed by atoms with Crippen LogP contribution >= 0.6 is 11.6 Å². The normalized spacial score (nSPS) is 16.1. The van der Waals surface area contributed by atoms with Crippen LogP contribution in [0.4, 0.5) is 5.69 Å². The Morgan fingerprint density at radius 3 is 2.13 bits per heavy atom. The molecular weight excluding hydrogens is 400 g/mol. The number of carbonyl (C=O) groups excluding carboxylic acids is 2. The second-order valence-corrected chi connectivity index (χ2v) is 8.13. The fourth-order valence-corrected chi connectivity index (χ4v) is 3.88. The minimum absolute atomic E-state index is 0.0199. The molecule has 0 bridgehead atoms. The van der Waals surface area contributed by atoms with Crippen LogP contribution in [0.1, 0.15) is 24.1 Å². The van der Waals surface area contributed by atoms with E-state index in [0.717, 1.165) is 31.7 Å². The summed E-state index contributed by atoms with van der Waals surface area (Å²) < 4.78 is 0. The topological polar surface area (TPSA) is 64.7 Å². The third-order valence-corrected chi connectivity index (χ3v) is 5.71. The molecular formula is C23H29ClN4O2.